The van der Waals surface area contributed by atoms with Crippen LogP contribution in [0.1, 0.15) is 30.3 Å². The van der Waals surface area contributed by atoms with Crippen molar-refractivity contribution in [3.05, 3.63) is 54.6 Å². The number of hydrogen-bond acceptors (Lipinski definition) is 5. The van der Waals surface area contributed by atoms with Gasteiger partial charge in [-0.25, -0.2) is 9.97 Å². The first-order valence-electron chi connectivity index (χ1n) is 8.93. The van der Waals surface area contributed by atoms with Crippen molar-refractivity contribution in [2.75, 3.05) is 18.4 Å². The monoisotopic (exact) mass is 347 g/mol. The van der Waals surface area contributed by atoms with Gasteiger partial charge in [-0.3, -0.25) is 9.78 Å². The quantitative estimate of drug-likeness (QED) is 0.783. The smallest absolute Gasteiger partial charge is 0.274 e. The third kappa shape index (κ3) is 3.35. The van der Waals surface area contributed by atoms with E-state index in [1.54, 1.807) is 18.6 Å². The molecule has 0 aliphatic carbocycles. The first-order chi connectivity index (χ1) is 12.7. The number of carbonyl (C=O) groups excluding carboxylic acids is 1. The van der Waals surface area contributed by atoms with Crippen molar-refractivity contribution in [2.45, 2.75) is 19.8 Å². The lowest BCUT2D eigenvalue weighted by Crippen LogP contribution is -2.38. The lowest BCUT2D eigenvalue weighted by molar-refractivity contribution is 0.0691. The molecule has 6 nitrogen and oxygen atoms in total. The van der Waals surface area contributed by atoms with Crippen molar-refractivity contribution < 1.29 is 4.79 Å². The SMILES string of the molecule is CC1CCN(C(=O)c2cnc(Nc3cccc4cccnc34)cn2)CC1. The van der Waals surface area contributed by atoms with E-state index in [-0.39, 0.29) is 5.91 Å². The van der Waals surface area contributed by atoms with E-state index in [1.807, 2.05) is 35.2 Å². The summed E-state index contributed by atoms with van der Waals surface area (Å²) >= 11 is 0. The van der Waals surface area contributed by atoms with Crippen LogP contribution in [0.25, 0.3) is 10.9 Å². The molecule has 26 heavy (non-hydrogen) atoms. The molecule has 1 fully saturated rings. The Kier molecular flexibility index (Phi) is 4.48. The Bertz CT molecular complexity index is 912. The van der Waals surface area contributed by atoms with Crippen LogP contribution < -0.4 is 5.32 Å². The van der Waals surface area contributed by atoms with Crippen LogP contribution in [0.3, 0.4) is 0 Å². The highest BCUT2D eigenvalue weighted by molar-refractivity contribution is 5.93. The van der Waals surface area contributed by atoms with Crippen LogP contribution in [0.4, 0.5) is 11.5 Å². The van der Waals surface area contributed by atoms with E-state index in [9.17, 15) is 4.79 Å². The first kappa shape index (κ1) is 16.4. The number of nitrogens with one attached hydrogen (secondary N) is 1. The summed E-state index contributed by atoms with van der Waals surface area (Å²) in [5, 5.41) is 4.29. The van der Waals surface area contributed by atoms with Gasteiger partial charge in [0.25, 0.3) is 5.91 Å². The molecule has 1 aromatic carbocycles. The molecule has 6 heteroatoms. The minimum absolute atomic E-state index is 0.0391. The van der Waals surface area contributed by atoms with Gasteiger partial charge in [0.2, 0.25) is 0 Å². The van der Waals surface area contributed by atoms with Gasteiger partial charge in [0, 0.05) is 24.7 Å². The van der Waals surface area contributed by atoms with Crippen molar-refractivity contribution in [1.82, 2.24) is 19.9 Å². The molecule has 3 aromatic rings. The summed E-state index contributed by atoms with van der Waals surface area (Å²) in [6.07, 6.45) is 7.00. The van der Waals surface area contributed by atoms with Crippen LogP contribution in [-0.4, -0.2) is 38.8 Å². The summed E-state index contributed by atoms with van der Waals surface area (Å²) in [4.78, 5) is 27.5. The third-order valence-electron chi connectivity index (χ3n) is 4.84. The Morgan fingerprint density at radius 1 is 1.08 bits per heavy atom. The number of likely N-dealkylation sites (tertiary alicyclic amines) is 1. The van der Waals surface area contributed by atoms with E-state index in [0.717, 1.165) is 42.5 Å². The second-order valence-corrected chi connectivity index (χ2v) is 6.77. The molecule has 1 amide bonds. The maximum atomic E-state index is 12.5. The Hall–Kier alpha value is -3.02. The zero-order valence-electron chi connectivity index (χ0n) is 14.7. The number of rotatable bonds is 3. The minimum atomic E-state index is -0.0391. The number of nitrogens with zero attached hydrogens (tertiary/aromatic N) is 4. The lowest BCUT2D eigenvalue weighted by atomic mass is 9.99. The number of amides is 1. The molecule has 4 rings (SSSR count). The number of carbonyl (C=O) groups is 1. The highest BCUT2D eigenvalue weighted by atomic mass is 16.2. The maximum Gasteiger partial charge on any atom is 0.274 e. The molecule has 0 radical (unpaired) electrons. The minimum Gasteiger partial charge on any atom is -0.337 e. The molecule has 0 spiro atoms. The highest BCUT2D eigenvalue weighted by Crippen LogP contribution is 2.23. The number of pyridine rings is 1. The van der Waals surface area contributed by atoms with Crippen molar-refractivity contribution in [3.63, 3.8) is 0 Å². The zero-order chi connectivity index (χ0) is 17.9. The Balaban J connectivity index is 1.50. The van der Waals surface area contributed by atoms with Gasteiger partial charge < -0.3 is 10.2 Å². The van der Waals surface area contributed by atoms with E-state index < -0.39 is 0 Å². The van der Waals surface area contributed by atoms with Gasteiger partial charge in [-0.1, -0.05) is 25.1 Å². The summed E-state index contributed by atoms with van der Waals surface area (Å²) in [6, 6.07) is 9.86. The molecule has 1 aliphatic rings. The zero-order valence-corrected chi connectivity index (χ0v) is 14.7. The molecule has 3 heterocycles. The average molecular weight is 347 g/mol. The van der Waals surface area contributed by atoms with Crippen LogP contribution in [0.2, 0.25) is 0 Å². The molecule has 0 unspecified atom stereocenters. The van der Waals surface area contributed by atoms with Crippen molar-refractivity contribution in [1.29, 1.82) is 0 Å². The van der Waals surface area contributed by atoms with Gasteiger partial charge in [-0.15, -0.1) is 0 Å². The number of benzene rings is 1. The molecule has 132 valence electrons. The molecule has 0 saturated carbocycles. The van der Waals surface area contributed by atoms with E-state index in [1.165, 1.54) is 0 Å². The molecule has 1 N–H and O–H groups in total. The van der Waals surface area contributed by atoms with Gasteiger partial charge >= 0.3 is 0 Å². The number of aromatic nitrogens is 3. The fourth-order valence-electron chi connectivity index (χ4n) is 3.22. The number of anilines is 2. The molecule has 1 aliphatic heterocycles. The number of para-hydroxylation sites is 1. The molecule has 2 aromatic heterocycles. The van der Waals surface area contributed by atoms with E-state index in [2.05, 4.69) is 27.2 Å². The van der Waals surface area contributed by atoms with Gasteiger partial charge in [-0.2, -0.15) is 0 Å². The number of piperidine rings is 1. The van der Waals surface area contributed by atoms with Crippen LogP contribution >= 0.6 is 0 Å². The van der Waals surface area contributed by atoms with Gasteiger partial charge in [-0.05, 0) is 30.9 Å². The fourth-order valence-corrected chi connectivity index (χ4v) is 3.22. The molecular formula is C20H21N5O. The Labute approximate surface area is 152 Å². The Morgan fingerprint density at radius 2 is 1.88 bits per heavy atom. The van der Waals surface area contributed by atoms with Crippen LogP contribution in [-0.2, 0) is 0 Å². The number of hydrogen-bond donors (Lipinski definition) is 1. The van der Waals surface area contributed by atoms with Crippen molar-refractivity contribution in [3.8, 4) is 0 Å². The lowest BCUT2D eigenvalue weighted by Gasteiger charge is -2.29. The topological polar surface area (TPSA) is 71.0 Å². The van der Waals surface area contributed by atoms with Crippen LogP contribution in [0.5, 0.6) is 0 Å². The van der Waals surface area contributed by atoms with Gasteiger partial charge in [0.05, 0.1) is 23.6 Å². The Morgan fingerprint density at radius 3 is 2.65 bits per heavy atom. The predicted molar refractivity (Wildman–Crippen MR) is 101 cm³/mol. The fraction of sp³-hybridized carbons (Fsp3) is 0.300. The molecular weight excluding hydrogens is 326 g/mol. The van der Waals surface area contributed by atoms with Crippen LogP contribution in [0, 0.1) is 5.92 Å². The van der Waals surface area contributed by atoms with Crippen molar-refractivity contribution >= 4 is 28.3 Å². The van der Waals surface area contributed by atoms with E-state index >= 15 is 0 Å². The second-order valence-electron chi connectivity index (χ2n) is 6.77. The molecule has 0 bridgehead atoms. The summed E-state index contributed by atoms with van der Waals surface area (Å²) in [7, 11) is 0. The second kappa shape index (κ2) is 7.07. The van der Waals surface area contributed by atoms with Crippen LogP contribution in [0.15, 0.2) is 48.9 Å². The third-order valence-corrected chi connectivity index (χ3v) is 4.84. The molecule has 1 saturated heterocycles. The first-order valence-corrected chi connectivity index (χ1v) is 8.93. The van der Waals surface area contributed by atoms with Gasteiger partial charge in [0.15, 0.2) is 0 Å². The average Bonchev–Trinajstić information content (AvgIpc) is 2.69. The van der Waals surface area contributed by atoms with E-state index in [0.29, 0.717) is 17.4 Å². The normalized spacial score (nSPS) is 15.2. The summed E-state index contributed by atoms with van der Waals surface area (Å²) in [5.74, 6) is 1.24. The highest BCUT2D eigenvalue weighted by Gasteiger charge is 2.22. The predicted octanol–water partition coefficient (Wildman–Crippen LogP) is 3.64. The summed E-state index contributed by atoms with van der Waals surface area (Å²) < 4.78 is 0. The van der Waals surface area contributed by atoms with Crippen molar-refractivity contribution in [2.24, 2.45) is 5.92 Å². The standard InChI is InChI=1S/C20H21N5O/c1-14-7-10-25(11-8-14)20(26)17-12-23-18(13-22-17)24-16-6-2-4-15-5-3-9-21-19(15)16/h2-6,9,12-14H,7-8,10-11H2,1H3,(H,23,24). The maximum absolute atomic E-state index is 12.5. The molecule has 0 atom stereocenters. The van der Waals surface area contributed by atoms with Gasteiger partial charge in [0.1, 0.15) is 11.5 Å². The van der Waals surface area contributed by atoms with E-state index in [4.69, 9.17) is 0 Å². The summed E-state index contributed by atoms with van der Waals surface area (Å²) in [5.41, 5.74) is 2.13. The largest absolute Gasteiger partial charge is 0.337 e. The number of fused-ring (bicyclic) bond motifs is 1. The summed E-state index contributed by atoms with van der Waals surface area (Å²) in [6.45, 7) is 3.82.